The molecule has 1 aliphatic heterocycles. The molecule has 6 rings (SSSR count). The van der Waals surface area contributed by atoms with Crippen LogP contribution in [0.1, 0.15) is 65.5 Å². The highest BCUT2D eigenvalue weighted by molar-refractivity contribution is 5.99. The molecule has 3 heterocycles. The number of hydrogen-bond acceptors (Lipinski definition) is 8. The second-order valence-corrected chi connectivity index (χ2v) is 11.2. The lowest BCUT2D eigenvalue weighted by molar-refractivity contribution is -0.130. The van der Waals surface area contributed by atoms with Crippen LogP contribution in [0.2, 0.25) is 0 Å². The first-order chi connectivity index (χ1) is 23.1. The van der Waals surface area contributed by atoms with E-state index in [1.165, 1.54) is 11.8 Å². The Balaban J connectivity index is 0.876. The standard InChI is InChI=1S/C38H35N3O6/c42-37-34(47-38(43)41(37)24-31-25-45-35(39-31)22-18-28-10-4-1-5-11-28)15-9-3-8-14-30-16-20-33(21-17-30)44-26-32-27-46-36(40-32)23-19-29-12-6-2-7-13-29/h1-2,4-7,10-13,16-23,25,27,34H,3,8-9,14-15,24,26H2. The van der Waals surface area contributed by atoms with Gasteiger partial charge in [0.2, 0.25) is 11.8 Å². The summed E-state index contributed by atoms with van der Waals surface area (Å²) in [6, 6.07) is 27.8. The van der Waals surface area contributed by atoms with Gasteiger partial charge < -0.3 is 18.3 Å². The minimum atomic E-state index is -0.760. The van der Waals surface area contributed by atoms with Crippen molar-refractivity contribution < 1.29 is 27.9 Å². The van der Waals surface area contributed by atoms with Crippen molar-refractivity contribution in [3.63, 3.8) is 0 Å². The number of imide groups is 1. The van der Waals surface area contributed by atoms with Gasteiger partial charge in [-0.25, -0.2) is 19.7 Å². The molecular weight excluding hydrogens is 594 g/mol. The predicted octanol–water partition coefficient (Wildman–Crippen LogP) is 8.23. The molecule has 9 nitrogen and oxygen atoms in total. The summed E-state index contributed by atoms with van der Waals surface area (Å²) in [5, 5.41) is 0. The van der Waals surface area contributed by atoms with Gasteiger partial charge in [0.05, 0.1) is 12.2 Å². The number of cyclic esters (lactones) is 1. The van der Waals surface area contributed by atoms with Crippen molar-refractivity contribution in [1.29, 1.82) is 0 Å². The second kappa shape index (κ2) is 15.5. The summed E-state index contributed by atoms with van der Waals surface area (Å²) in [5.74, 6) is 1.36. The highest BCUT2D eigenvalue weighted by atomic mass is 16.6. The first-order valence-electron chi connectivity index (χ1n) is 15.7. The molecule has 1 atom stereocenters. The van der Waals surface area contributed by atoms with E-state index in [1.807, 2.05) is 91.0 Å². The summed E-state index contributed by atoms with van der Waals surface area (Å²) in [7, 11) is 0. The van der Waals surface area contributed by atoms with E-state index < -0.39 is 12.2 Å². The van der Waals surface area contributed by atoms with Crippen molar-refractivity contribution in [2.45, 2.75) is 51.4 Å². The topological polar surface area (TPSA) is 108 Å². The van der Waals surface area contributed by atoms with Crippen molar-refractivity contribution in [3.05, 3.63) is 137 Å². The van der Waals surface area contributed by atoms with Gasteiger partial charge in [-0.3, -0.25) is 4.79 Å². The third kappa shape index (κ3) is 8.94. The Kier molecular flexibility index (Phi) is 10.3. The Morgan fingerprint density at radius 1 is 0.702 bits per heavy atom. The van der Waals surface area contributed by atoms with E-state index >= 15 is 0 Å². The van der Waals surface area contributed by atoms with Gasteiger partial charge in [-0.1, -0.05) is 79.2 Å². The molecule has 0 saturated carbocycles. The Bertz CT molecular complexity index is 1810. The summed E-state index contributed by atoms with van der Waals surface area (Å²) in [4.78, 5) is 35.2. The summed E-state index contributed by atoms with van der Waals surface area (Å²) in [6.07, 6.45) is 13.1. The summed E-state index contributed by atoms with van der Waals surface area (Å²) >= 11 is 0. The molecule has 2 amide bonds. The zero-order chi connectivity index (χ0) is 32.3. The van der Waals surface area contributed by atoms with Gasteiger partial charge in [-0.15, -0.1) is 0 Å². The van der Waals surface area contributed by atoms with E-state index in [2.05, 4.69) is 22.1 Å². The molecule has 3 aromatic carbocycles. The van der Waals surface area contributed by atoms with Crippen LogP contribution in [0.25, 0.3) is 24.3 Å². The number of aromatic nitrogens is 2. The molecule has 1 unspecified atom stereocenters. The summed E-state index contributed by atoms with van der Waals surface area (Å²) < 4.78 is 22.2. The SMILES string of the molecule is O=C1OC(CCCCCc2ccc(OCc3coc(C=Cc4ccccc4)n3)cc2)C(=O)N1Cc1coc(C=Cc2ccccc2)n1. The number of unbranched alkanes of at least 4 members (excludes halogenated alkanes) is 2. The van der Waals surface area contributed by atoms with Crippen LogP contribution in [0.15, 0.2) is 106 Å². The molecule has 0 bridgehead atoms. The molecule has 47 heavy (non-hydrogen) atoms. The number of hydrogen-bond donors (Lipinski definition) is 0. The number of aryl methyl sites for hydroxylation is 1. The molecule has 1 aliphatic rings. The number of amides is 2. The van der Waals surface area contributed by atoms with Crippen molar-refractivity contribution >= 4 is 36.3 Å². The third-order valence-corrected chi connectivity index (χ3v) is 7.64. The zero-order valence-electron chi connectivity index (χ0n) is 25.9. The minimum Gasteiger partial charge on any atom is -0.487 e. The molecule has 1 fully saturated rings. The van der Waals surface area contributed by atoms with Crippen LogP contribution in [0.3, 0.4) is 0 Å². The second-order valence-electron chi connectivity index (χ2n) is 11.2. The van der Waals surface area contributed by atoms with E-state index in [0.29, 0.717) is 30.5 Å². The van der Waals surface area contributed by atoms with E-state index in [0.717, 1.165) is 53.2 Å². The van der Waals surface area contributed by atoms with Crippen LogP contribution in [-0.2, 0) is 29.1 Å². The fourth-order valence-electron chi connectivity index (χ4n) is 5.13. The number of ether oxygens (including phenoxy) is 2. The number of carbonyl (C=O) groups excluding carboxylic acids is 2. The molecule has 0 aliphatic carbocycles. The van der Waals surface area contributed by atoms with Gasteiger partial charge in [0, 0.05) is 12.2 Å². The monoisotopic (exact) mass is 629 g/mol. The van der Waals surface area contributed by atoms with Gasteiger partial charge >= 0.3 is 6.09 Å². The van der Waals surface area contributed by atoms with E-state index in [-0.39, 0.29) is 12.5 Å². The number of rotatable bonds is 15. The molecule has 0 radical (unpaired) electrons. The highest BCUT2D eigenvalue weighted by Gasteiger charge is 2.40. The molecular formula is C38H35N3O6. The molecule has 0 spiro atoms. The first kappa shape index (κ1) is 31.3. The van der Waals surface area contributed by atoms with Gasteiger partial charge in [0.1, 0.15) is 30.6 Å². The quantitative estimate of drug-likeness (QED) is 0.107. The van der Waals surface area contributed by atoms with Crippen LogP contribution in [0, 0.1) is 0 Å². The smallest absolute Gasteiger partial charge is 0.417 e. The molecule has 238 valence electrons. The lowest BCUT2D eigenvalue weighted by Crippen LogP contribution is -2.31. The Hall–Kier alpha value is -5.70. The summed E-state index contributed by atoms with van der Waals surface area (Å²) in [5.41, 5.74) is 4.49. The molecule has 0 N–H and O–H groups in total. The maximum absolute atomic E-state index is 12.9. The average molecular weight is 630 g/mol. The Labute approximate surface area is 273 Å². The van der Waals surface area contributed by atoms with Crippen LogP contribution < -0.4 is 4.74 Å². The highest BCUT2D eigenvalue weighted by Crippen LogP contribution is 2.22. The fourth-order valence-corrected chi connectivity index (χ4v) is 5.13. The molecule has 1 saturated heterocycles. The van der Waals surface area contributed by atoms with Crippen LogP contribution in [-0.4, -0.2) is 33.0 Å². The third-order valence-electron chi connectivity index (χ3n) is 7.64. The predicted molar refractivity (Wildman–Crippen MR) is 178 cm³/mol. The first-order valence-corrected chi connectivity index (χ1v) is 15.7. The van der Waals surface area contributed by atoms with Gasteiger partial charge in [-0.2, -0.15) is 0 Å². The van der Waals surface area contributed by atoms with E-state index in [4.69, 9.17) is 18.3 Å². The average Bonchev–Trinajstić information content (AvgIpc) is 3.83. The van der Waals surface area contributed by atoms with Crippen molar-refractivity contribution in [2.75, 3.05) is 0 Å². The Morgan fingerprint density at radius 3 is 1.98 bits per heavy atom. The van der Waals surface area contributed by atoms with Crippen LogP contribution >= 0.6 is 0 Å². The zero-order valence-corrected chi connectivity index (χ0v) is 25.9. The van der Waals surface area contributed by atoms with Crippen molar-refractivity contribution in [2.24, 2.45) is 0 Å². The van der Waals surface area contributed by atoms with Crippen molar-refractivity contribution in [1.82, 2.24) is 14.9 Å². The largest absolute Gasteiger partial charge is 0.487 e. The van der Waals surface area contributed by atoms with Gasteiger partial charge in [-0.05, 0) is 66.7 Å². The Morgan fingerprint density at radius 2 is 1.32 bits per heavy atom. The van der Waals surface area contributed by atoms with Crippen LogP contribution in [0.4, 0.5) is 4.79 Å². The lowest BCUT2D eigenvalue weighted by Gasteiger charge is -2.09. The molecule has 5 aromatic rings. The van der Waals surface area contributed by atoms with Crippen LogP contribution in [0.5, 0.6) is 5.75 Å². The number of oxazole rings is 2. The molecule has 9 heteroatoms. The van der Waals surface area contributed by atoms with Gasteiger partial charge in [0.15, 0.2) is 6.10 Å². The lowest BCUT2D eigenvalue weighted by atomic mass is 10.0. The number of nitrogens with zero attached hydrogens (tertiary/aromatic N) is 3. The normalized spacial score (nSPS) is 14.8. The maximum atomic E-state index is 12.9. The minimum absolute atomic E-state index is 0.0162. The number of carbonyl (C=O) groups is 2. The maximum Gasteiger partial charge on any atom is 0.417 e. The van der Waals surface area contributed by atoms with Crippen molar-refractivity contribution in [3.8, 4) is 5.75 Å². The fraction of sp³-hybridized carbons (Fsp3) is 0.211. The summed E-state index contributed by atoms with van der Waals surface area (Å²) in [6.45, 7) is 0.331. The number of benzene rings is 3. The van der Waals surface area contributed by atoms with Gasteiger partial charge in [0.25, 0.3) is 5.91 Å². The van der Waals surface area contributed by atoms with E-state index in [1.54, 1.807) is 12.3 Å². The molecule has 2 aromatic heterocycles. The van der Waals surface area contributed by atoms with E-state index in [9.17, 15) is 9.59 Å².